The van der Waals surface area contributed by atoms with Gasteiger partial charge in [-0.1, -0.05) is 29.8 Å². The molecular weight excluding hydrogens is 265 g/mol. The molecule has 0 unspecified atom stereocenters. The first-order chi connectivity index (χ1) is 10.2. The smallest absolute Gasteiger partial charge is 0.123 e. The predicted molar refractivity (Wildman–Crippen MR) is 80.7 cm³/mol. The van der Waals surface area contributed by atoms with Gasteiger partial charge in [-0.15, -0.1) is 0 Å². The molecule has 21 heavy (non-hydrogen) atoms. The molecule has 2 aromatic carbocycles. The number of hydrogen-bond donors (Lipinski definition) is 1. The maximum atomic E-state index is 13.2. The Balaban J connectivity index is 1.77. The molecule has 2 aromatic rings. The lowest BCUT2D eigenvalue weighted by molar-refractivity contribution is 0.0829. The summed E-state index contributed by atoms with van der Waals surface area (Å²) in [6, 6.07) is 13.5. The molecule has 0 amide bonds. The number of anilines is 1. The van der Waals surface area contributed by atoms with E-state index in [0.717, 1.165) is 24.3 Å². The van der Waals surface area contributed by atoms with Gasteiger partial charge in [-0.2, -0.15) is 0 Å². The van der Waals surface area contributed by atoms with Crippen LogP contribution in [-0.2, 0) is 4.74 Å². The maximum Gasteiger partial charge on any atom is 0.123 e. The third-order valence-corrected chi connectivity index (χ3v) is 4.62. The third kappa shape index (κ3) is 2.12. The summed E-state index contributed by atoms with van der Waals surface area (Å²) >= 11 is 0. The van der Waals surface area contributed by atoms with Gasteiger partial charge in [0.15, 0.2) is 0 Å². The second-order valence-electron chi connectivity index (χ2n) is 6.01. The monoisotopic (exact) mass is 283 g/mol. The van der Waals surface area contributed by atoms with Crippen molar-refractivity contribution in [2.24, 2.45) is 5.92 Å². The van der Waals surface area contributed by atoms with Crippen molar-refractivity contribution in [1.82, 2.24) is 0 Å². The van der Waals surface area contributed by atoms with Crippen LogP contribution in [0.5, 0.6) is 0 Å². The van der Waals surface area contributed by atoms with Crippen molar-refractivity contribution in [3.05, 3.63) is 65.0 Å². The van der Waals surface area contributed by atoms with Gasteiger partial charge in [-0.3, -0.25) is 0 Å². The summed E-state index contributed by atoms with van der Waals surface area (Å²) < 4.78 is 19.2. The molecule has 4 rings (SSSR count). The van der Waals surface area contributed by atoms with Crippen LogP contribution in [0.2, 0.25) is 0 Å². The van der Waals surface area contributed by atoms with E-state index in [1.807, 2.05) is 12.1 Å². The zero-order valence-corrected chi connectivity index (χ0v) is 12.0. The highest BCUT2D eigenvalue weighted by Gasteiger charge is 2.41. The zero-order chi connectivity index (χ0) is 14.4. The van der Waals surface area contributed by atoms with Crippen molar-refractivity contribution in [2.75, 3.05) is 11.9 Å². The SMILES string of the molecule is Cc1ccc2c(c1)[C@H]1OCC[C@H]1[C@H](c1ccc(F)cc1)N2. The normalized spacial score (nSPS) is 26.9. The molecule has 1 saturated heterocycles. The Morgan fingerprint density at radius 3 is 2.76 bits per heavy atom. The standard InChI is InChI=1S/C18H18FNO/c1-11-2-7-16-15(10-11)18-14(8-9-21-18)17(20-16)12-3-5-13(19)6-4-12/h2-7,10,14,17-18,20H,8-9H2,1H3/t14-,17-,18-/m0/s1. The molecule has 0 radical (unpaired) electrons. The summed E-state index contributed by atoms with van der Waals surface area (Å²) in [5.74, 6) is 0.217. The van der Waals surface area contributed by atoms with Crippen LogP contribution in [0.25, 0.3) is 0 Å². The van der Waals surface area contributed by atoms with E-state index in [9.17, 15) is 4.39 Å². The minimum atomic E-state index is -0.190. The molecule has 0 bridgehead atoms. The van der Waals surface area contributed by atoms with E-state index in [0.29, 0.717) is 5.92 Å². The second-order valence-corrected chi connectivity index (χ2v) is 6.01. The number of halogens is 1. The van der Waals surface area contributed by atoms with Crippen LogP contribution in [0.15, 0.2) is 42.5 Å². The Labute approximate surface area is 123 Å². The van der Waals surface area contributed by atoms with Crippen LogP contribution in [0.4, 0.5) is 10.1 Å². The fraction of sp³-hybridized carbons (Fsp3) is 0.333. The fourth-order valence-electron chi connectivity index (χ4n) is 3.59. The molecule has 2 heterocycles. The zero-order valence-electron chi connectivity index (χ0n) is 12.0. The van der Waals surface area contributed by atoms with Gasteiger partial charge >= 0.3 is 0 Å². The van der Waals surface area contributed by atoms with Crippen molar-refractivity contribution in [3.63, 3.8) is 0 Å². The van der Waals surface area contributed by atoms with E-state index in [1.165, 1.54) is 23.3 Å². The van der Waals surface area contributed by atoms with Crippen LogP contribution in [0.1, 0.15) is 35.3 Å². The fourth-order valence-corrected chi connectivity index (χ4v) is 3.59. The van der Waals surface area contributed by atoms with E-state index in [2.05, 4.69) is 30.4 Å². The predicted octanol–water partition coefficient (Wildman–Crippen LogP) is 4.38. The maximum absolute atomic E-state index is 13.2. The lowest BCUT2D eigenvalue weighted by atomic mass is 9.80. The summed E-state index contributed by atoms with van der Waals surface area (Å²) in [6.45, 7) is 2.90. The summed E-state index contributed by atoms with van der Waals surface area (Å²) in [7, 11) is 0. The van der Waals surface area contributed by atoms with E-state index in [-0.39, 0.29) is 18.0 Å². The quantitative estimate of drug-likeness (QED) is 0.838. The number of hydrogen-bond acceptors (Lipinski definition) is 2. The number of benzene rings is 2. The molecule has 3 heteroatoms. The molecule has 0 spiro atoms. The van der Waals surface area contributed by atoms with Gasteiger partial charge in [0.25, 0.3) is 0 Å². The molecule has 0 aliphatic carbocycles. The van der Waals surface area contributed by atoms with Crippen molar-refractivity contribution >= 4 is 5.69 Å². The van der Waals surface area contributed by atoms with Gasteiger partial charge in [0.05, 0.1) is 12.1 Å². The summed E-state index contributed by atoms with van der Waals surface area (Å²) in [5, 5.41) is 3.63. The minimum absolute atomic E-state index is 0.149. The van der Waals surface area contributed by atoms with Gasteiger partial charge in [-0.25, -0.2) is 4.39 Å². The Bertz CT molecular complexity index is 667. The van der Waals surface area contributed by atoms with Gasteiger partial charge in [-0.05, 0) is 37.1 Å². The van der Waals surface area contributed by atoms with Crippen LogP contribution < -0.4 is 5.32 Å². The Morgan fingerprint density at radius 2 is 1.95 bits per heavy atom. The van der Waals surface area contributed by atoms with Crippen LogP contribution in [-0.4, -0.2) is 6.61 Å². The number of aryl methyl sites for hydroxylation is 1. The molecule has 2 nitrogen and oxygen atoms in total. The first-order valence-corrected chi connectivity index (χ1v) is 7.46. The largest absolute Gasteiger partial charge is 0.378 e. The lowest BCUT2D eigenvalue weighted by Crippen LogP contribution is -2.29. The molecule has 0 saturated carbocycles. The Hall–Kier alpha value is -1.87. The average molecular weight is 283 g/mol. The number of ether oxygens (including phenoxy) is 1. The van der Waals surface area contributed by atoms with E-state index in [1.54, 1.807) is 0 Å². The highest BCUT2D eigenvalue weighted by molar-refractivity contribution is 5.58. The number of nitrogens with one attached hydrogen (secondary N) is 1. The van der Waals surface area contributed by atoms with Crippen molar-refractivity contribution < 1.29 is 9.13 Å². The van der Waals surface area contributed by atoms with Crippen LogP contribution >= 0.6 is 0 Å². The van der Waals surface area contributed by atoms with Gasteiger partial charge < -0.3 is 10.1 Å². The molecule has 1 fully saturated rings. The first-order valence-electron chi connectivity index (χ1n) is 7.46. The molecule has 2 aliphatic rings. The summed E-state index contributed by atoms with van der Waals surface area (Å²) in [4.78, 5) is 0. The van der Waals surface area contributed by atoms with Gasteiger partial charge in [0.1, 0.15) is 5.82 Å². The van der Waals surface area contributed by atoms with Crippen molar-refractivity contribution in [2.45, 2.75) is 25.5 Å². The van der Waals surface area contributed by atoms with Crippen molar-refractivity contribution in [3.8, 4) is 0 Å². The average Bonchev–Trinajstić information content (AvgIpc) is 2.97. The molecule has 1 N–H and O–H groups in total. The second kappa shape index (κ2) is 4.85. The van der Waals surface area contributed by atoms with Crippen molar-refractivity contribution in [1.29, 1.82) is 0 Å². The van der Waals surface area contributed by atoms with E-state index in [4.69, 9.17) is 4.74 Å². The first kappa shape index (κ1) is 12.8. The lowest BCUT2D eigenvalue weighted by Gasteiger charge is -2.36. The third-order valence-electron chi connectivity index (χ3n) is 4.62. The topological polar surface area (TPSA) is 21.3 Å². The number of rotatable bonds is 1. The molecule has 2 aliphatic heterocycles. The molecule has 0 aromatic heterocycles. The number of fused-ring (bicyclic) bond motifs is 3. The van der Waals surface area contributed by atoms with Gasteiger partial charge in [0.2, 0.25) is 0 Å². The molecular formula is C18H18FNO. The molecule has 108 valence electrons. The highest BCUT2D eigenvalue weighted by atomic mass is 19.1. The van der Waals surface area contributed by atoms with Gasteiger partial charge in [0, 0.05) is 23.8 Å². The van der Waals surface area contributed by atoms with E-state index >= 15 is 0 Å². The van der Waals surface area contributed by atoms with Crippen LogP contribution in [0, 0.1) is 18.7 Å². The summed E-state index contributed by atoms with van der Waals surface area (Å²) in [6.07, 6.45) is 1.18. The molecule has 3 atom stereocenters. The summed E-state index contributed by atoms with van der Waals surface area (Å²) in [5.41, 5.74) is 4.78. The van der Waals surface area contributed by atoms with E-state index < -0.39 is 0 Å². The minimum Gasteiger partial charge on any atom is -0.378 e. The Morgan fingerprint density at radius 1 is 1.14 bits per heavy atom. The van der Waals surface area contributed by atoms with Crippen LogP contribution in [0.3, 0.4) is 0 Å². The highest BCUT2D eigenvalue weighted by Crippen LogP contribution is 2.49. The Kier molecular flexibility index (Phi) is 2.96.